The van der Waals surface area contributed by atoms with Gasteiger partial charge in [0.1, 0.15) is 5.65 Å². The van der Waals surface area contributed by atoms with Gasteiger partial charge in [-0.05, 0) is 66.4 Å². The van der Waals surface area contributed by atoms with Crippen LogP contribution in [-0.4, -0.2) is 46.7 Å². The van der Waals surface area contributed by atoms with Crippen LogP contribution in [0, 0.1) is 18.6 Å². The van der Waals surface area contributed by atoms with Gasteiger partial charge >= 0.3 is 0 Å². The molecule has 1 atom stereocenters. The highest BCUT2D eigenvalue weighted by atomic mass is 32.2. The third-order valence-corrected chi connectivity index (χ3v) is 7.47. The molecule has 0 spiro atoms. The number of benzene rings is 2. The Hall–Kier alpha value is -3.16. The minimum Gasteiger partial charge on any atom is -0.378 e. The molecule has 3 heterocycles. The summed E-state index contributed by atoms with van der Waals surface area (Å²) >= 11 is 0. The van der Waals surface area contributed by atoms with Crippen LogP contribution in [0.25, 0.3) is 33.3 Å². The molecule has 2 N–H and O–H groups in total. The smallest absolute Gasteiger partial charge is 0.137 e. The Bertz CT molecular complexity index is 1410. The Kier molecular flexibility index (Phi) is 5.46. The summed E-state index contributed by atoms with van der Waals surface area (Å²) < 4.78 is 25.3. The highest BCUT2D eigenvalue weighted by Crippen LogP contribution is 2.35. The molecular formula is C26H28N4O2S. The first-order chi connectivity index (χ1) is 15.8. The van der Waals surface area contributed by atoms with Gasteiger partial charge in [-0.3, -0.25) is 0 Å². The van der Waals surface area contributed by atoms with E-state index in [-0.39, 0.29) is 0 Å². The first kappa shape index (κ1) is 21.7. The van der Waals surface area contributed by atoms with Crippen LogP contribution in [0.5, 0.6) is 0 Å². The molecule has 5 rings (SSSR count). The molecule has 1 aliphatic rings. The van der Waals surface area contributed by atoms with E-state index in [1.165, 1.54) is 23.1 Å². The zero-order valence-corrected chi connectivity index (χ0v) is 20.0. The monoisotopic (exact) mass is 460 g/mol. The van der Waals surface area contributed by atoms with Crippen molar-refractivity contribution in [3.05, 3.63) is 66.0 Å². The minimum absolute atomic E-state index is 0.538. The lowest BCUT2D eigenvalue weighted by Crippen LogP contribution is -2.37. The fourth-order valence-electron chi connectivity index (χ4n) is 4.70. The number of morpholine rings is 1. The van der Waals surface area contributed by atoms with Gasteiger partial charge in [0.25, 0.3) is 0 Å². The first-order valence-corrected chi connectivity index (χ1v) is 13.0. The largest absolute Gasteiger partial charge is 0.378 e. The molecule has 2 aromatic heterocycles. The number of nitrogens with one attached hydrogen (secondary N) is 2. The second-order valence-electron chi connectivity index (χ2n) is 8.75. The highest BCUT2D eigenvalue weighted by Gasteiger charge is 2.17. The number of anilines is 1. The van der Waals surface area contributed by atoms with Crippen molar-refractivity contribution in [1.82, 2.24) is 9.97 Å². The Morgan fingerprint density at radius 3 is 2.30 bits per heavy atom. The molecule has 0 aliphatic carbocycles. The van der Waals surface area contributed by atoms with Gasteiger partial charge in [0, 0.05) is 58.8 Å². The Morgan fingerprint density at radius 2 is 1.67 bits per heavy atom. The first-order valence-electron chi connectivity index (χ1n) is 11.1. The van der Waals surface area contributed by atoms with Crippen LogP contribution < -0.4 is 4.90 Å². The van der Waals surface area contributed by atoms with Gasteiger partial charge in [0.2, 0.25) is 0 Å². The van der Waals surface area contributed by atoms with Crippen molar-refractivity contribution in [3.8, 4) is 22.3 Å². The number of nitrogens with zero attached hydrogens (tertiary/aromatic N) is 2. The van der Waals surface area contributed by atoms with E-state index < -0.39 is 9.73 Å². The predicted molar refractivity (Wildman–Crippen MR) is 135 cm³/mol. The molecule has 33 heavy (non-hydrogen) atoms. The normalized spacial score (nSPS) is 16.2. The van der Waals surface area contributed by atoms with Crippen molar-refractivity contribution in [1.29, 1.82) is 4.78 Å². The summed E-state index contributed by atoms with van der Waals surface area (Å²) in [4.78, 5) is 10.9. The summed E-state index contributed by atoms with van der Waals surface area (Å²) in [6.07, 6.45) is 5.32. The number of aryl methyl sites for hydroxylation is 2. The van der Waals surface area contributed by atoms with Crippen LogP contribution >= 0.6 is 0 Å². The van der Waals surface area contributed by atoms with E-state index in [2.05, 4.69) is 46.9 Å². The number of rotatable bonds is 4. The third kappa shape index (κ3) is 4.14. The maximum absolute atomic E-state index is 12.0. The summed E-state index contributed by atoms with van der Waals surface area (Å²) in [5.74, 6) is 0. The molecule has 0 saturated carbocycles. The van der Waals surface area contributed by atoms with Crippen molar-refractivity contribution in [2.75, 3.05) is 37.5 Å². The minimum atomic E-state index is -2.72. The van der Waals surface area contributed by atoms with Crippen LogP contribution in [0.15, 0.2) is 59.8 Å². The third-order valence-electron chi connectivity index (χ3n) is 6.30. The average molecular weight is 461 g/mol. The van der Waals surface area contributed by atoms with E-state index in [1.807, 2.05) is 24.5 Å². The molecule has 1 unspecified atom stereocenters. The molecule has 7 heteroatoms. The molecule has 0 radical (unpaired) electrons. The zero-order valence-electron chi connectivity index (χ0n) is 19.1. The molecule has 0 amide bonds. The van der Waals surface area contributed by atoms with Gasteiger partial charge in [0.05, 0.1) is 22.9 Å². The maximum Gasteiger partial charge on any atom is 0.137 e. The van der Waals surface area contributed by atoms with E-state index in [0.717, 1.165) is 59.6 Å². The zero-order chi connectivity index (χ0) is 23.2. The standard InChI is InChI=1S/C26H28N4O2S/c1-17-12-20(13-18(2)25(17)30-8-10-32-11-9-30)21-14-23-24(16-29-26(23)28-15-21)19-4-6-22(7-5-19)33(3,27)31/h4-7,12-16,27H,8-11H2,1-3H3,(H,28,29). The predicted octanol–water partition coefficient (Wildman–Crippen LogP) is 5.39. The Balaban J connectivity index is 1.54. The summed E-state index contributed by atoms with van der Waals surface area (Å²) in [6.45, 7) is 7.74. The highest BCUT2D eigenvalue weighted by molar-refractivity contribution is 7.91. The van der Waals surface area contributed by atoms with Crippen molar-refractivity contribution in [3.63, 3.8) is 0 Å². The van der Waals surface area contributed by atoms with Crippen molar-refractivity contribution in [2.24, 2.45) is 0 Å². The van der Waals surface area contributed by atoms with Crippen LogP contribution in [0.3, 0.4) is 0 Å². The second-order valence-corrected chi connectivity index (χ2v) is 10.9. The molecule has 1 aliphatic heterocycles. The van der Waals surface area contributed by atoms with Gasteiger partial charge in [-0.2, -0.15) is 0 Å². The fraction of sp³-hybridized carbons (Fsp3) is 0.269. The molecular weight excluding hydrogens is 432 g/mol. The van der Waals surface area contributed by atoms with E-state index in [1.54, 1.807) is 12.1 Å². The van der Waals surface area contributed by atoms with Crippen molar-refractivity contribution >= 4 is 26.4 Å². The molecule has 2 aromatic carbocycles. The van der Waals surface area contributed by atoms with Gasteiger partial charge < -0.3 is 14.6 Å². The number of hydrogen-bond donors (Lipinski definition) is 2. The van der Waals surface area contributed by atoms with Gasteiger partial charge in [-0.25, -0.2) is 14.0 Å². The second kappa shape index (κ2) is 8.32. The average Bonchev–Trinajstić information content (AvgIpc) is 3.22. The van der Waals surface area contributed by atoms with Crippen LogP contribution in [0.2, 0.25) is 0 Å². The Morgan fingerprint density at radius 1 is 1.00 bits per heavy atom. The maximum atomic E-state index is 12.0. The van der Waals surface area contributed by atoms with Crippen LogP contribution in [0.1, 0.15) is 11.1 Å². The van der Waals surface area contributed by atoms with Crippen molar-refractivity contribution in [2.45, 2.75) is 18.7 Å². The van der Waals surface area contributed by atoms with E-state index in [9.17, 15) is 4.21 Å². The summed E-state index contributed by atoms with van der Waals surface area (Å²) in [6, 6.07) is 14.1. The van der Waals surface area contributed by atoms with Crippen LogP contribution in [0.4, 0.5) is 5.69 Å². The number of pyridine rings is 1. The molecule has 1 saturated heterocycles. The fourth-order valence-corrected chi connectivity index (χ4v) is 5.36. The van der Waals surface area contributed by atoms with E-state index in [0.29, 0.717) is 4.90 Å². The topological polar surface area (TPSA) is 82.1 Å². The molecule has 6 nitrogen and oxygen atoms in total. The number of hydrogen-bond acceptors (Lipinski definition) is 5. The summed E-state index contributed by atoms with van der Waals surface area (Å²) in [7, 11) is -2.72. The number of aromatic nitrogens is 2. The summed E-state index contributed by atoms with van der Waals surface area (Å²) in [5.41, 5.74) is 8.92. The lowest BCUT2D eigenvalue weighted by Gasteiger charge is -2.31. The summed E-state index contributed by atoms with van der Waals surface area (Å²) in [5, 5.41) is 1.04. The SMILES string of the molecule is Cc1cc(-c2cnc3[nH]cc(-c4ccc(S(C)(=N)=O)cc4)c3c2)cc(C)c1N1CCOCC1. The Labute approximate surface area is 194 Å². The molecule has 0 bridgehead atoms. The molecule has 1 fully saturated rings. The van der Waals surface area contributed by atoms with Crippen molar-refractivity contribution < 1.29 is 8.95 Å². The van der Waals surface area contributed by atoms with Gasteiger partial charge in [0.15, 0.2) is 0 Å². The van der Waals surface area contributed by atoms with E-state index in [4.69, 9.17) is 9.52 Å². The number of ether oxygens (including phenoxy) is 1. The van der Waals surface area contributed by atoms with Gasteiger partial charge in [-0.1, -0.05) is 12.1 Å². The number of H-pyrrole nitrogens is 1. The van der Waals surface area contributed by atoms with Gasteiger partial charge in [-0.15, -0.1) is 0 Å². The quantitative estimate of drug-likeness (QED) is 0.428. The number of fused-ring (bicyclic) bond motifs is 1. The number of aromatic amines is 1. The molecule has 170 valence electrons. The lowest BCUT2D eigenvalue weighted by molar-refractivity contribution is 0.122. The molecule has 4 aromatic rings. The van der Waals surface area contributed by atoms with E-state index >= 15 is 0 Å². The lowest BCUT2D eigenvalue weighted by atomic mass is 9.97. The van der Waals surface area contributed by atoms with Crippen LogP contribution in [-0.2, 0) is 14.5 Å².